The van der Waals surface area contributed by atoms with Crippen molar-refractivity contribution in [3.63, 3.8) is 0 Å². The third-order valence-corrected chi connectivity index (χ3v) is 6.48. The molecule has 4 nitrogen and oxygen atoms in total. The fourth-order valence-electron chi connectivity index (χ4n) is 1.95. The molecule has 16 heavy (non-hydrogen) atoms. The van der Waals surface area contributed by atoms with E-state index in [-0.39, 0.29) is 11.9 Å². The van der Waals surface area contributed by atoms with E-state index in [1.54, 1.807) is 18.4 Å². The van der Waals surface area contributed by atoms with Gasteiger partial charge in [0, 0.05) is 12.5 Å². The lowest BCUT2D eigenvalue weighted by Crippen LogP contribution is -2.35. The van der Waals surface area contributed by atoms with Crippen molar-refractivity contribution in [3.8, 4) is 0 Å². The lowest BCUT2D eigenvalue weighted by atomic mass is 10.1. The molecule has 1 amide bonds. The van der Waals surface area contributed by atoms with Crippen molar-refractivity contribution in [1.82, 2.24) is 5.32 Å². The molecule has 0 aliphatic carbocycles. The number of rotatable bonds is 1. The number of carbonyl (C=O) groups is 1. The fraction of sp³-hybridized carbons (Fsp3) is 0.500. The Morgan fingerprint density at radius 2 is 2.25 bits per heavy atom. The largest absolute Gasteiger partial charge is 0.349 e. The molecule has 0 spiro atoms. The van der Waals surface area contributed by atoms with Crippen LogP contribution >= 0.6 is 11.3 Å². The second-order valence-corrected chi connectivity index (χ2v) is 7.49. The number of hydrogen-bond acceptors (Lipinski definition) is 4. The first-order valence-electron chi connectivity index (χ1n) is 5.01. The van der Waals surface area contributed by atoms with Crippen LogP contribution in [-0.4, -0.2) is 19.6 Å². The van der Waals surface area contributed by atoms with Gasteiger partial charge in [-0.1, -0.05) is 0 Å². The van der Waals surface area contributed by atoms with E-state index in [9.17, 15) is 13.2 Å². The molecule has 2 rings (SSSR count). The van der Waals surface area contributed by atoms with Crippen LogP contribution in [-0.2, 0) is 14.6 Å². The van der Waals surface area contributed by atoms with Crippen molar-refractivity contribution in [1.29, 1.82) is 0 Å². The van der Waals surface area contributed by atoms with Gasteiger partial charge in [0.2, 0.25) is 5.91 Å². The molecule has 0 saturated heterocycles. The summed E-state index contributed by atoms with van der Waals surface area (Å²) in [5.41, 5.74) is 0.735. The van der Waals surface area contributed by atoms with Crippen molar-refractivity contribution in [2.75, 3.05) is 0 Å². The topological polar surface area (TPSA) is 63.2 Å². The highest BCUT2D eigenvalue weighted by Gasteiger charge is 2.37. The van der Waals surface area contributed by atoms with Crippen molar-refractivity contribution in [3.05, 3.63) is 17.0 Å². The molecule has 0 radical (unpaired) electrons. The Morgan fingerprint density at radius 3 is 2.88 bits per heavy atom. The summed E-state index contributed by atoms with van der Waals surface area (Å²) in [4.78, 5) is 11.1. The average molecular weight is 259 g/mol. The van der Waals surface area contributed by atoms with E-state index in [0.717, 1.165) is 5.56 Å². The van der Waals surface area contributed by atoms with Gasteiger partial charge < -0.3 is 5.32 Å². The van der Waals surface area contributed by atoms with Gasteiger partial charge in [-0.05, 0) is 24.8 Å². The summed E-state index contributed by atoms with van der Waals surface area (Å²) >= 11 is 1.23. The molecule has 1 aromatic rings. The lowest BCUT2D eigenvalue weighted by Gasteiger charge is -2.27. The second-order valence-electron chi connectivity index (χ2n) is 4.01. The minimum Gasteiger partial charge on any atom is -0.349 e. The summed E-state index contributed by atoms with van der Waals surface area (Å²) in [7, 11) is -3.18. The molecule has 2 atom stereocenters. The van der Waals surface area contributed by atoms with Crippen LogP contribution < -0.4 is 5.32 Å². The monoisotopic (exact) mass is 259 g/mol. The van der Waals surface area contributed by atoms with Gasteiger partial charge in [-0.25, -0.2) is 8.42 Å². The van der Waals surface area contributed by atoms with Crippen molar-refractivity contribution < 1.29 is 13.2 Å². The van der Waals surface area contributed by atoms with Gasteiger partial charge in [-0.2, -0.15) is 0 Å². The number of thiophene rings is 1. The van der Waals surface area contributed by atoms with E-state index in [1.807, 2.05) is 0 Å². The van der Waals surface area contributed by atoms with Gasteiger partial charge in [-0.15, -0.1) is 11.3 Å². The molecule has 2 heterocycles. The summed E-state index contributed by atoms with van der Waals surface area (Å²) < 4.78 is 24.4. The number of carbonyl (C=O) groups excluding carboxylic acids is 1. The van der Waals surface area contributed by atoms with Gasteiger partial charge in [0.1, 0.15) is 4.21 Å². The Balaban J connectivity index is 2.46. The highest BCUT2D eigenvalue weighted by molar-refractivity contribution is 7.94. The molecule has 1 N–H and O–H groups in total. The quantitative estimate of drug-likeness (QED) is 0.831. The number of hydrogen-bond donors (Lipinski definition) is 1. The summed E-state index contributed by atoms with van der Waals surface area (Å²) in [6.07, 6.45) is 0.450. The summed E-state index contributed by atoms with van der Waals surface area (Å²) in [6, 6.07) is 1.61. The van der Waals surface area contributed by atoms with Crippen LogP contribution in [0.25, 0.3) is 0 Å². The first-order valence-corrected chi connectivity index (χ1v) is 7.44. The standard InChI is InChI=1S/C10H13NO3S2/c1-6-5-9(11-7(2)12)8-3-4-15-10(8)16(6,13)14/h3-4,6,9H,5H2,1-2H3,(H,11,12)/t6-,9-/m0/s1. The molecule has 1 aliphatic heterocycles. The maximum Gasteiger partial charge on any atom is 0.217 e. The Hall–Kier alpha value is -0.880. The third kappa shape index (κ3) is 1.76. The number of amides is 1. The molecule has 6 heteroatoms. The van der Waals surface area contributed by atoms with Gasteiger partial charge in [0.05, 0.1) is 11.3 Å². The molecule has 1 aliphatic rings. The zero-order valence-electron chi connectivity index (χ0n) is 9.06. The van der Waals surface area contributed by atoms with Crippen LogP contribution in [0.4, 0.5) is 0 Å². The highest BCUT2D eigenvalue weighted by atomic mass is 32.2. The van der Waals surface area contributed by atoms with E-state index >= 15 is 0 Å². The SMILES string of the molecule is CC(=O)N[C@H]1C[C@H](C)S(=O)(=O)c2sccc21. The zero-order chi connectivity index (χ0) is 11.9. The third-order valence-electron chi connectivity index (χ3n) is 2.77. The Morgan fingerprint density at radius 1 is 1.56 bits per heavy atom. The van der Waals surface area contributed by atoms with E-state index in [2.05, 4.69) is 5.32 Å². The molecular formula is C10H13NO3S2. The second kappa shape index (κ2) is 3.85. The van der Waals surface area contributed by atoms with Crippen LogP contribution in [0.1, 0.15) is 31.9 Å². The Kier molecular flexibility index (Phi) is 2.79. The molecule has 1 aromatic heterocycles. The fourth-order valence-corrected chi connectivity index (χ4v) is 5.18. The van der Waals surface area contributed by atoms with Crippen LogP contribution in [0.3, 0.4) is 0 Å². The van der Waals surface area contributed by atoms with Gasteiger partial charge in [0.15, 0.2) is 9.84 Å². The predicted molar refractivity (Wildman–Crippen MR) is 62.1 cm³/mol. The van der Waals surface area contributed by atoms with Gasteiger partial charge in [-0.3, -0.25) is 4.79 Å². The highest BCUT2D eigenvalue weighted by Crippen LogP contribution is 2.39. The normalized spacial score (nSPS) is 27.1. The molecule has 0 fully saturated rings. The minimum atomic E-state index is -3.18. The van der Waals surface area contributed by atoms with Crippen molar-refractivity contribution in [2.24, 2.45) is 0 Å². The zero-order valence-corrected chi connectivity index (χ0v) is 10.7. The molecule has 0 saturated carbocycles. The van der Waals surface area contributed by atoms with Crippen LogP contribution in [0, 0.1) is 0 Å². The summed E-state index contributed by atoms with van der Waals surface area (Å²) in [5, 5.41) is 4.12. The van der Waals surface area contributed by atoms with Crippen molar-refractivity contribution >= 4 is 27.1 Å². The lowest BCUT2D eigenvalue weighted by molar-refractivity contribution is -0.119. The van der Waals surface area contributed by atoms with Crippen molar-refractivity contribution in [2.45, 2.75) is 35.8 Å². The molecule has 88 valence electrons. The molecular weight excluding hydrogens is 246 g/mol. The van der Waals surface area contributed by atoms with Crippen LogP contribution in [0.5, 0.6) is 0 Å². The van der Waals surface area contributed by atoms with Gasteiger partial charge >= 0.3 is 0 Å². The Bertz CT molecular complexity index is 518. The smallest absolute Gasteiger partial charge is 0.217 e. The Labute approximate surface area is 98.6 Å². The number of fused-ring (bicyclic) bond motifs is 1. The van der Waals surface area contributed by atoms with E-state index < -0.39 is 15.1 Å². The number of nitrogens with one attached hydrogen (secondary N) is 1. The average Bonchev–Trinajstić information content (AvgIpc) is 2.62. The predicted octanol–water partition coefficient (Wildman–Crippen LogP) is 1.49. The first-order chi connectivity index (χ1) is 7.43. The maximum atomic E-state index is 12.0. The van der Waals surface area contributed by atoms with E-state index in [4.69, 9.17) is 0 Å². The molecule has 0 unspecified atom stereocenters. The summed E-state index contributed by atoms with van der Waals surface area (Å²) in [6.45, 7) is 3.13. The minimum absolute atomic E-state index is 0.131. The molecule has 0 aromatic carbocycles. The maximum absolute atomic E-state index is 12.0. The summed E-state index contributed by atoms with van der Waals surface area (Å²) in [5.74, 6) is -0.131. The number of sulfone groups is 1. The van der Waals surface area contributed by atoms with Crippen LogP contribution in [0.15, 0.2) is 15.7 Å². The van der Waals surface area contributed by atoms with Crippen LogP contribution in [0.2, 0.25) is 0 Å². The molecule has 0 bridgehead atoms. The van der Waals surface area contributed by atoms with E-state index in [1.165, 1.54) is 18.3 Å². The first kappa shape index (κ1) is 11.6. The van der Waals surface area contributed by atoms with E-state index in [0.29, 0.717) is 10.6 Å². The van der Waals surface area contributed by atoms with Gasteiger partial charge in [0.25, 0.3) is 0 Å².